The molecule has 1 aliphatic heterocycles. The Bertz CT molecular complexity index is 471. The van der Waals surface area contributed by atoms with Crippen LogP contribution in [0.15, 0.2) is 30.6 Å². The highest BCUT2D eigenvalue weighted by atomic mass is 32.2. The molecule has 3 rings (SSSR count). The Hall–Kier alpha value is -0.960. The SMILES string of the molecule is c1ccn2c(CC3CCCCS3)ncc2c1. The number of imidazole rings is 1. The molecule has 2 aromatic rings. The predicted molar refractivity (Wildman–Crippen MR) is 69.0 cm³/mol. The maximum absolute atomic E-state index is 4.54. The Morgan fingerprint density at radius 2 is 2.38 bits per heavy atom. The summed E-state index contributed by atoms with van der Waals surface area (Å²) in [5, 5.41) is 0.777. The van der Waals surface area contributed by atoms with E-state index in [-0.39, 0.29) is 0 Å². The van der Waals surface area contributed by atoms with E-state index < -0.39 is 0 Å². The van der Waals surface area contributed by atoms with Crippen LogP contribution in [-0.2, 0) is 6.42 Å². The molecule has 1 atom stereocenters. The molecule has 0 spiro atoms. The van der Waals surface area contributed by atoms with Crippen LogP contribution in [0.3, 0.4) is 0 Å². The average Bonchev–Trinajstić information content (AvgIpc) is 2.74. The fraction of sp³-hybridized carbons (Fsp3) is 0.462. The number of aromatic nitrogens is 2. The minimum absolute atomic E-state index is 0.777. The molecule has 3 heterocycles. The molecule has 84 valence electrons. The molecular formula is C13H16N2S. The molecular weight excluding hydrogens is 216 g/mol. The van der Waals surface area contributed by atoms with Gasteiger partial charge in [0.1, 0.15) is 5.82 Å². The number of pyridine rings is 1. The molecule has 1 fully saturated rings. The number of thioether (sulfide) groups is 1. The summed E-state index contributed by atoms with van der Waals surface area (Å²) in [7, 11) is 0. The number of nitrogens with zero attached hydrogens (tertiary/aromatic N) is 2. The molecule has 0 aromatic carbocycles. The first-order valence-electron chi connectivity index (χ1n) is 5.96. The van der Waals surface area contributed by atoms with Crippen molar-refractivity contribution in [3.63, 3.8) is 0 Å². The van der Waals surface area contributed by atoms with Gasteiger partial charge < -0.3 is 4.40 Å². The molecule has 2 nitrogen and oxygen atoms in total. The summed E-state index contributed by atoms with van der Waals surface area (Å²) >= 11 is 2.12. The van der Waals surface area contributed by atoms with E-state index in [1.165, 1.54) is 36.4 Å². The maximum Gasteiger partial charge on any atom is 0.114 e. The van der Waals surface area contributed by atoms with Crippen LogP contribution in [0.1, 0.15) is 25.1 Å². The van der Waals surface area contributed by atoms with Gasteiger partial charge in [0.05, 0.1) is 11.7 Å². The number of hydrogen-bond donors (Lipinski definition) is 0. The van der Waals surface area contributed by atoms with E-state index in [2.05, 4.69) is 45.5 Å². The maximum atomic E-state index is 4.54. The van der Waals surface area contributed by atoms with Crippen LogP contribution in [-0.4, -0.2) is 20.4 Å². The van der Waals surface area contributed by atoms with E-state index >= 15 is 0 Å². The molecule has 2 aromatic heterocycles. The van der Waals surface area contributed by atoms with Crippen molar-refractivity contribution in [3.8, 4) is 0 Å². The summed E-state index contributed by atoms with van der Waals surface area (Å²) in [5.41, 5.74) is 1.21. The summed E-state index contributed by atoms with van der Waals surface area (Å²) in [6.45, 7) is 0. The van der Waals surface area contributed by atoms with Crippen molar-refractivity contribution in [1.82, 2.24) is 9.38 Å². The van der Waals surface area contributed by atoms with Gasteiger partial charge in [-0.05, 0) is 30.7 Å². The van der Waals surface area contributed by atoms with Gasteiger partial charge in [-0.2, -0.15) is 11.8 Å². The second-order valence-corrected chi connectivity index (χ2v) is 5.77. The van der Waals surface area contributed by atoms with Crippen LogP contribution in [0.2, 0.25) is 0 Å². The van der Waals surface area contributed by atoms with Crippen LogP contribution in [0.5, 0.6) is 0 Å². The normalized spacial score (nSPS) is 21.4. The molecule has 0 aliphatic carbocycles. The first kappa shape index (κ1) is 10.2. The van der Waals surface area contributed by atoms with E-state index in [0.29, 0.717) is 0 Å². The highest BCUT2D eigenvalue weighted by molar-refractivity contribution is 7.99. The van der Waals surface area contributed by atoms with Gasteiger partial charge >= 0.3 is 0 Å². The van der Waals surface area contributed by atoms with Gasteiger partial charge in [-0.15, -0.1) is 0 Å². The van der Waals surface area contributed by atoms with Crippen molar-refractivity contribution < 1.29 is 0 Å². The topological polar surface area (TPSA) is 17.3 Å². The molecule has 0 amide bonds. The molecule has 0 N–H and O–H groups in total. The van der Waals surface area contributed by atoms with Gasteiger partial charge in [0, 0.05) is 17.9 Å². The second kappa shape index (κ2) is 4.50. The third-order valence-electron chi connectivity index (χ3n) is 3.20. The summed E-state index contributed by atoms with van der Waals surface area (Å²) in [4.78, 5) is 4.54. The zero-order chi connectivity index (χ0) is 10.8. The molecule has 3 heteroatoms. The van der Waals surface area contributed by atoms with Crippen molar-refractivity contribution in [3.05, 3.63) is 36.4 Å². The highest BCUT2D eigenvalue weighted by Crippen LogP contribution is 2.27. The van der Waals surface area contributed by atoms with E-state index in [1.54, 1.807) is 0 Å². The summed E-state index contributed by atoms with van der Waals surface area (Å²) < 4.78 is 2.22. The Kier molecular flexibility index (Phi) is 2.87. The molecule has 1 saturated heterocycles. The van der Waals surface area contributed by atoms with E-state index in [0.717, 1.165) is 11.7 Å². The third kappa shape index (κ3) is 1.96. The zero-order valence-corrected chi connectivity index (χ0v) is 10.1. The largest absolute Gasteiger partial charge is 0.304 e. The van der Waals surface area contributed by atoms with E-state index in [1.807, 2.05) is 6.20 Å². The minimum Gasteiger partial charge on any atom is -0.304 e. The van der Waals surface area contributed by atoms with Crippen LogP contribution in [0.25, 0.3) is 5.52 Å². The third-order valence-corrected chi connectivity index (χ3v) is 4.60. The van der Waals surface area contributed by atoms with Crippen molar-refractivity contribution in [2.45, 2.75) is 30.9 Å². The first-order chi connectivity index (χ1) is 7.93. The summed E-state index contributed by atoms with van der Waals surface area (Å²) in [6, 6.07) is 6.26. The Morgan fingerprint density at radius 3 is 3.25 bits per heavy atom. The standard InChI is InChI=1S/C13H16N2S/c1-3-7-15-11(5-1)10-14-13(15)9-12-6-2-4-8-16-12/h1,3,5,7,10,12H,2,4,6,8-9H2. The Labute approximate surface area is 100 Å². The summed E-state index contributed by atoms with van der Waals surface area (Å²) in [6.07, 6.45) is 9.34. The molecule has 0 radical (unpaired) electrons. The lowest BCUT2D eigenvalue weighted by Gasteiger charge is -2.20. The van der Waals surface area contributed by atoms with Gasteiger partial charge in [0.2, 0.25) is 0 Å². The van der Waals surface area contributed by atoms with Gasteiger partial charge in [-0.25, -0.2) is 4.98 Å². The smallest absolute Gasteiger partial charge is 0.114 e. The predicted octanol–water partition coefficient (Wildman–Crippen LogP) is 3.16. The van der Waals surface area contributed by atoms with E-state index in [9.17, 15) is 0 Å². The lowest BCUT2D eigenvalue weighted by molar-refractivity contribution is 0.646. The fourth-order valence-corrected chi connectivity index (χ4v) is 3.63. The molecule has 1 unspecified atom stereocenters. The lowest BCUT2D eigenvalue weighted by Crippen LogP contribution is -2.14. The van der Waals surface area contributed by atoms with Crippen LogP contribution < -0.4 is 0 Å². The lowest BCUT2D eigenvalue weighted by atomic mass is 10.1. The monoisotopic (exact) mass is 232 g/mol. The number of fused-ring (bicyclic) bond motifs is 1. The van der Waals surface area contributed by atoms with Crippen LogP contribution in [0, 0.1) is 0 Å². The summed E-state index contributed by atoms with van der Waals surface area (Å²) in [5.74, 6) is 2.54. The highest BCUT2D eigenvalue weighted by Gasteiger charge is 2.16. The quantitative estimate of drug-likeness (QED) is 0.791. The minimum atomic E-state index is 0.777. The first-order valence-corrected chi connectivity index (χ1v) is 7.01. The van der Waals surface area contributed by atoms with Crippen molar-refractivity contribution in [1.29, 1.82) is 0 Å². The zero-order valence-electron chi connectivity index (χ0n) is 9.30. The second-order valence-electron chi connectivity index (χ2n) is 4.36. The molecule has 0 saturated carbocycles. The Morgan fingerprint density at radius 1 is 1.38 bits per heavy atom. The van der Waals surface area contributed by atoms with Crippen molar-refractivity contribution in [2.75, 3.05) is 5.75 Å². The van der Waals surface area contributed by atoms with Crippen LogP contribution >= 0.6 is 11.8 Å². The Balaban J connectivity index is 1.83. The van der Waals surface area contributed by atoms with E-state index in [4.69, 9.17) is 0 Å². The van der Waals surface area contributed by atoms with Crippen molar-refractivity contribution in [2.24, 2.45) is 0 Å². The van der Waals surface area contributed by atoms with Crippen molar-refractivity contribution >= 4 is 17.3 Å². The van der Waals surface area contributed by atoms with Gasteiger partial charge in [0.15, 0.2) is 0 Å². The van der Waals surface area contributed by atoms with Crippen LogP contribution in [0.4, 0.5) is 0 Å². The number of hydrogen-bond acceptors (Lipinski definition) is 2. The molecule has 1 aliphatic rings. The molecule has 16 heavy (non-hydrogen) atoms. The van der Waals surface area contributed by atoms with Gasteiger partial charge in [-0.1, -0.05) is 12.5 Å². The molecule has 0 bridgehead atoms. The fourth-order valence-electron chi connectivity index (χ4n) is 2.32. The van der Waals surface area contributed by atoms with Gasteiger partial charge in [-0.3, -0.25) is 0 Å². The van der Waals surface area contributed by atoms with Gasteiger partial charge in [0.25, 0.3) is 0 Å². The average molecular weight is 232 g/mol. The number of rotatable bonds is 2.